The minimum atomic E-state index is -0.649. The minimum absolute atomic E-state index is 0.0338. The van der Waals surface area contributed by atoms with Crippen molar-refractivity contribution in [3.63, 3.8) is 0 Å². The lowest BCUT2D eigenvalue weighted by molar-refractivity contribution is -0.199. The van der Waals surface area contributed by atoms with Crippen LogP contribution in [0.5, 0.6) is 5.75 Å². The van der Waals surface area contributed by atoms with Crippen LogP contribution in [-0.4, -0.2) is 75.8 Å². The first-order valence-electron chi connectivity index (χ1n) is 15.2. The predicted molar refractivity (Wildman–Crippen MR) is 156 cm³/mol. The Labute approximate surface area is 248 Å². The number of carbonyl (C=O) groups excluding carboxylic acids is 2. The van der Waals surface area contributed by atoms with E-state index in [2.05, 4.69) is 36.2 Å². The van der Waals surface area contributed by atoms with Gasteiger partial charge < -0.3 is 23.7 Å². The van der Waals surface area contributed by atoms with Crippen LogP contribution in [-0.2, 0) is 31.7 Å². The highest BCUT2D eigenvalue weighted by atomic mass is 16.7. The lowest BCUT2D eigenvalue weighted by Crippen LogP contribution is -2.65. The standard InChI is InChI=1S/C31H43BN4O6/c1-18-19(10-11-32-41-25-13-20-12-24(30(20,5)6)31(25,7)42-32)8-9-23(27(18)28(38)40-29(2,3)4)39-22-16-36(17-22)26(37)14-21-15-33-35-34-21/h8-9,15,20,22,24-25H,10-14,16-17H2,1-7H3,(H,33,34,35)/t20-,24-,25+,31-/m0/s1. The molecule has 1 aromatic carbocycles. The van der Waals surface area contributed by atoms with Crippen LogP contribution in [0.2, 0.25) is 6.32 Å². The molecular weight excluding hydrogens is 535 g/mol. The first-order chi connectivity index (χ1) is 19.7. The normalized spacial score (nSPS) is 28.1. The SMILES string of the molecule is Cc1c(CCB2O[C@@H]3C[C@@H]4C[C@@H](C4(C)C)[C@]3(C)O2)ccc(OC2CN(C(=O)Cc3cn[nH]n3)C2)c1C(=O)OC(C)(C)C. The maximum atomic E-state index is 13.4. The van der Waals surface area contributed by atoms with Crippen LogP contribution < -0.4 is 4.74 Å². The highest BCUT2D eigenvalue weighted by Gasteiger charge is 2.67. The Morgan fingerprint density at radius 1 is 1.19 bits per heavy atom. The van der Waals surface area contributed by atoms with E-state index < -0.39 is 11.6 Å². The summed E-state index contributed by atoms with van der Waals surface area (Å²) in [7, 11) is -0.258. The molecule has 3 heterocycles. The van der Waals surface area contributed by atoms with Crippen molar-refractivity contribution < 1.29 is 28.4 Å². The van der Waals surface area contributed by atoms with Gasteiger partial charge in [0.2, 0.25) is 5.91 Å². The molecule has 0 spiro atoms. The van der Waals surface area contributed by atoms with Crippen LogP contribution >= 0.6 is 0 Å². The van der Waals surface area contributed by atoms with Crippen molar-refractivity contribution >= 4 is 19.0 Å². The van der Waals surface area contributed by atoms with Crippen molar-refractivity contribution in [1.82, 2.24) is 20.3 Å². The van der Waals surface area contributed by atoms with E-state index in [9.17, 15) is 9.59 Å². The summed E-state index contributed by atoms with van der Waals surface area (Å²) in [6.45, 7) is 15.4. The van der Waals surface area contributed by atoms with Gasteiger partial charge in [-0.25, -0.2) is 4.79 Å². The fraction of sp³-hybridized carbons (Fsp3) is 0.677. The summed E-state index contributed by atoms with van der Waals surface area (Å²) in [6.07, 6.45) is 5.39. The van der Waals surface area contributed by atoms with E-state index in [0.717, 1.165) is 17.5 Å². The average Bonchev–Trinajstić information content (AvgIpc) is 3.50. The van der Waals surface area contributed by atoms with Crippen molar-refractivity contribution in [2.24, 2.45) is 17.3 Å². The summed E-state index contributed by atoms with van der Waals surface area (Å²) in [5.74, 6) is 1.27. The van der Waals surface area contributed by atoms with Gasteiger partial charge in [-0.15, -0.1) is 0 Å². The summed E-state index contributed by atoms with van der Waals surface area (Å²) >= 11 is 0. The average molecular weight is 579 g/mol. The molecule has 3 aliphatic carbocycles. The number of likely N-dealkylation sites (tertiary alicyclic amines) is 1. The van der Waals surface area contributed by atoms with Gasteiger partial charge in [0.1, 0.15) is 23.0 Å². The van der Waals surface area contributed by atoms with Crippen LogP contribution in [0.3, 0.4) is 0 Å². The molecule has 2 saturated heterocycles. The Kier molecular flexibility index (Phi) is 7.20. The highest BCUT2D eigenvalue weighted by Crippen LogP contribution is 2.65. The molecule has 11 heteroatoms. The second-order valence-electron chi connectivity index (χ2n) is 14.3. The van der Waals surface area contributed by atoms with E-state index in [0.29, 0.717) is 60.1 Å². The largest absolute Gasteiger partial charge is 0.486 e. The van der Waals surface area contributed by atoms with Crippen LogP contribution in [0.1, 0.15) is 81.6 Å². The number of aromatic amines is 1. The van der Waals surface area contributed by atoms with Gasteiger partial charge in [0.25, 0.3) is 0 Å². The molecule has 1 aromatic heterocycles. The molecule has 226 valence electrons. The summed E-state index contributed by atoms with van der Waals surface area (Å²) in [4.78, 5) is 27.7. The first kappa shape index (κ1) is 29.2. The van der Waals surface area contributed by atoms with Crippen molar-refractivity contribution in [2.75, 3.05) is 13.1 Å². The van der Waals surface area contributed by atoms with Crippen molar-refractivity contribution in [2.45, 2.75) is 104 Å². The quantitative estimate of drug-likeness (QED) is 0.367. The number of esters is 1. The molecule has 42 heavy (non-hydrogen) atoms. The van der Waals surface area contributed by atoms with E-state index in [-0.39, 0.29) is 37.3 Å². The summed E-state index contributed by atoms with van der Waals surface area (Å²) in [6, 6.07) is 3.88. The molecule has 1 N–H and O–H groups in total. The van der Waals surface area contributed by atoms with Gasteiger partial charge in [-0.3, -0.25) is 4.79 Å². The fourth-order valence-corrected chi connectivity index (χ4v) is 7.50. The number of rotatable bonds is 8. The molecule has 10 nitrogen and oxygen atoms in total. The number of nitrogens with zero attached hydrogens (tertiary/aromatic N) is 3. The van der Waals surface area contributed by atoms with E-state index in [1.807, 2.05) is 39.8 Å². The fourth-order valence-electron chi connectivity index (χ4n) is 7.50. The van der Waals surface area contributed by atoms with Gasteiger partial charge >= 0.3 is 13.1 Å². The zero-order valence-electron chi connectivity index (χ0n) is 25.9. The second-order valence-corrected chi connectivity index (χ2v) is 14.3. The molecule has 2 aromatic rings. The molecule has 4 atom stereocenters. The Hall–Kier alpha value is -2.92. The van der Waals surface area contributed by atoms with Crippen LogP contribution in [0.15, 0.2) is 18.3 Å². The lowest BCUT2D eigenvalue weighted by atomic mass is 9.43. The number of hydrogen-bond donors (Lipinski definition) is 1. The molecule has 1 amide bonds. The molecule has 2 bridgehead atoms. The minimum Gasteiger partial charge on any atom is -0.486 e. The Morgan fingerprint density at radius 3 is 2.62 bits per heavy atom. The van der Waals surface area contributed by atoms with Crippen molar-refractivity contribution in [1.29, 1.82) is 0 Å². The van der Waals surface area contributed by atoms with Gasteiger partial charge in [-0.1, -0.05) is 19.9 Å². The van der Waals surface area contributed by atoms with E-state index in [1.165, 1.54) is 6.42 Å². The molecule has 7 rings (SSSR count). The number of nitrogens with one attached hydrogen (secondary N) is 1. The number of benzene rings is 1. The Balaban J connectivity index is 1.12. The molecule has 5 aliphatic rings. The first-order valence-corrected chi connectivity index (χ1v) is 15.2. The summed E-state index contributed by atoms with van der Waals surface area (Å²) in [5.41, 5.74) is 2.34. The molecule has 0 radical (unpaired) electrons. The topological polar surface area (TPSA) is 116 Å². The summed E-state index contributed by atoms with van der Waals surface area (Å²) in [5, 5.41) is 10.2. The number of aryl methyl sites for hydroxylation is 1. The second kappa shape index (κ2) is 10.4. The smallest absolute Gasteiger partial charge is 0.457 e. The maximum Gasteiger partial charge on any atom is 0.457 e. The van der Waals surface area contributed by atoms with Gasteiger partial charge in [-0.05, 0) is 94.6 Å². The van der Waals surface area contributed by atoms with Gasteiger partial charge in [0, 0.05) is 0 Å². The predicted octanol–water partition coefficient (Wildman–Crippen LogP) is 4.17. The van der Waals surface area contributed by atoms with Crippen molar-refractivity contribution in [3.05, 3.63) is 40.7 Å². The van der Waals surface area contributed by atoms with E-state index in [1.54, 1.807) is 11.1 Å². The number of ether oxygens (including phenoxy) is 2. The van der Waals surface area contributed by atoms with Gasteiger partial charge in [-0.2, -0.15) is 15.4 Å². The zero-order chi connectivity index (χ0) is 30.0. The maximum absolute atomic E-state index is 13.4. The zero-order valence-corrected chi connectivity index (χ0v) is 25.9. The van der Waals surface area contributed by atoms with Crippen LogP contribution in [0.25, 0.3) is 0 Å². The van der Waals surface area contributed by atoms with Gasteiger partial charge in [0.15, 0.2) is 0 Å². The molecule has 2 aliphatic heterocycles. The third kappa shape index (κ3) is 5.23. The number of amides is 1. The molecular formula is C31H43BN4O6. The molecule has 3 saturated carbocycles. The Bertz CT molecular complexity index is 1350. The third-order valence-corrected chi connectivity index (χ3v) is 10.1. The van der Waals surface area contributed by atoms with E-state index >= 15 is 0 Å². The highest BCUT2D eigenvalue weighted by molar-refractivity contribution is 6.45. The lowest BCUT2D eigenvalue weighted by Gasteiger charge is -2.64. The number of hydrogen-bond acceptors (Lipinski definition) is 8. The van der Waals surface area contributed by atoms with Crippen LogP contribution in [0.4, 0.5) is 0 Å². The summed E-state index contributed by atoms with van der Waals surface area (Å²) < 4.78 is 25.1. The Morgan fingerprint density at radius 2 is 1.95 bits per heavy atom. The van der Waals surface area contributed by atoms with E-state index in [4.69, 9.17) is 18.8 Å². The third-order valence-electron chi connectivity index (χ3n) is 10.1. The number of aromatic nitrogens is 3. The number of H-pyrrole nitrogens is 1. The van der Waals surface area contributed by atoms with Crippen LogP contribution in [0, 0.1) is 24.2 Å². The van der Waals surface area contributed by atoms with Crippen molar-refractivity contribution in [3.8, 4) is 5.75 Å². The van der Waals surface area contributed by atoms with Gasteiger partial charge in [0.05, 0.1) is 43.1 Å². The molecule has 5 fully saturated rings. The molecule has 0 unspecified atom stereocenters. The number of carbonyl (C=O) groups is 2. The monoisotopic (exact) mass is 578 g/mol.